The molecule has 1 atom stereocenters. The average molecular weight is 373 g/mol. The lowest BCUT2D eigenvalue weighted by atomic mass is 10.2. The second kappa shape index (κ2) is 8.33. The van der Waals surface area contributed by atoms with Crippen molar-refractivity contribution in [2.45, 2.75) is 18.2 Å². The van der Waals surface area contributed by atoms with Crippen LogP contribution in [-0.2, 0) is 7.05 Å². The number of rotatable bonds is 7. The number of thioether (sulfide) groups is 1. The summed E-state index contributed by atoms with van der Waals surface area (Å²) in [5.74, 6) is 1.27. The number of aromatic nitrogens is 3. The topological polar surface area (TPSA) is 60.2 Å². The number of benzene rings is 2. The number of nitrogens with zero attached hydrogens (tertiary/aromatic N) is 3. The Morgan fingerprint density at radius 3 is 2.65 bits per heavy atom. The van der Waals surface area contributed by atoms with Crippen LogP contribution in [0.15, 0.2) is 53.7 Å². The lowest BCUT2D eigenvalue weighted by Crippen LogP contribution is -2.20. The van der Waals surface area contributed by atoms with E-state index < -0.39 is 6.10 Å². The molecular weight excluding hydrogens is 353 g/mol. The van der Waals surface area contributed by atoms with Crippen molar-refractivity contribution in [1.82, 2.24) is 14.8 Å². The summed E-state index contributed by atoms with van der Waals surface area (Å²) < 4.78 is 21.3. The van der Waals surface area contributed by atoms with Gasteiger partial charge in [0.15, 0.2) is 11.0 Å². The van der Waals surface area contributed by atoms with Crippen LogP contribution in [0.5, 0.6) is 5.75 Å². The van der Waals surface area contributed by atoms with E-state index in [0.29, 0.717) is 22.3 Å². The molecule has 1 N–H and O–H groups in total. The van der Waals surface area contributed by atoms with E-state index in [1.165, 1.54) is 17.8 Å². The summed E-state index contributed by atoms with van der Waals surface area (Å²) in [7, 11) is 1.78. The fourth-order valence-corrected chi connectivity index (χ4v) is 3.26. The fraction of sp³-hybridized carbons (Fsp3) is 0.263. The van der Waals surface area contributed by atoms with Crippen LogP contribution < -0.4 is 4.74 Å². The summed E-state index contributed by atoms with van der Waals surface area (Å²) in [5.41, 5.74) is 1.42. The van der Waals surface area contributed by atoms with Gasteiger partial charge in [0.1, 0.15) is 18.2 Å². The predicted molar refractivity (Wildman–Crippen MR) is 99.8 cm³/mol. The van der Waals surface area contributed by atoms with E-state index in [-0.39, 0.29) is 12.4 Å². The predicted octanol–water partition coefficient (Wildman–Crippen LogP) is 3.46. The molecule has 0 aliphatic rings. The van der Waals surface area contributed by atoms with Crippen LogP contribution in [-0.4, -0.2) is 38.3 Å². The van der Waals surface area contributed by atoms with E-state index in [4.69, 9.17) is 4.74 Å². The highest BCUT2D eigenvalue weighted by molar-refractivity contribution is 7.99. The standard InChI is InChI=1S/C19H20FN3O2S/c1-13-7-3-6-10-17(13)25-11-14(24)12-26-19-22-21-18(23(19)2)15-8-4-5-9-16(15)20/h3-10,14,24H,11-12H2,1-2H3/t14-/m0/s1. The van der Waals surface area contributed by atoms with Crippen LogP contribution in [0.3, 0.4) is 0 Å². The first kappa shape index (κ1) is 18.4. The number of ether oxygens (including phenoxy) is 1. The number of aryl methyl sites for hydroxylation is 1. The molecule has 0 bridgehead atoms. The summed E-state index contributed by atoms with van der Waals surface area (Å²) in [6, 6.07) is 14.1. The third kappa shape index (κ3) is 4.23. The molecule has 0 saturated heterocycles. The van der Waals surface area contributed by atoms with Crippen LogP contribution in [0.1, 0.15) is 5.56 Å². The molecule has 0 fully saturated rings. The van der Waals surface area contributed by atoms with Gasteiger partial charge in [0.05, 0.1) is 11.7 Å². The number of para-hydroxylation sites is 1. The minimum Gasteiger partial charge on any atom is -0.491 e. The average Bonchev–Trinajstić information content (AvgIpc) is 3.00. The molecule has 0 saturated carbocycles. The number of hydrogen-bond donors (Lipinski definition) is 1. The van der Waals surface area contributed by atoms with E-state index >= 15 is 0 Å². The van der Waals surface area contributed by atoms with Crippen LogP contribution in [0, 0.1) is 12.7 Å². The molecular formula is C19H20FN3O2S. The van der Waals surface area contributed by atoms with Gasteiger partial charge in [0.2, 0.25) is 0 Å². The molecule has 5 nitrogen and oxygen atoms in total. The number of halogens is 1. The van der Waals surface area contributed by atoms with Gasteiger partial charge < -0.3 is 14.4 Å². The van der Waals surface area contributed by atoms with Crippen molar-refractivity contribution >= 4 is 11.8 Å². The quantitative estimate of drug-likeness (QED) is 0.643. The second-order valence-electron chi connectivity index (χ2n) is 5.89. The lowest BCUT2D eigenvalue weighted by molar-refractivity contribution is 0.126. The van der Waals surface area contributed by atoms with Crippen LogP contribution in [0.2, 0.25) is 0 Å². The molecule has 0 unspecified atom stereocenters. The van der Waals surface area contributed by atoms with Gasteiger partial charge in [-0.15, -0.1) is 10.2 Å². The van der Waals surface area contributed by atoms with Crippen molar-refractivity contribution in [2.24, 2.45) is 7.05 Å². The third-order valence-corrected chi connectivity index (χ3v) is 5.04. The molecule has 7 heteroatoms. The SMILES string of the molecule is Cc1ccccc1OC[C@H](O)CSc1nnc(-c2ccccc2F)n1C. The van der Waals surface area contributed by atoms with Gasteiger partial charge in [-0.3, -0.25) is 0 Å². The van der Waals surface area contributed by atoms with Gasteiger partial charge in [-0.1, -0.05) is 42.1 Å². The Balaban J connectivity index is 1.58. The number of aliphatic hydroxyl groups is 1. The van der Waals surface area contributed by atoms with Gasteiger partial charge in [-0.2, -0.15) is 0 Å². The maximum Gasteiger partial charge on any atom is 0.191 e. The Labute approximate surface area is 155 Å². The lowest BCUT2D eigenvalue weighted by Gasteiger charge is -2.13. The molecule has 3 aromatic rings. The Morgan fingerprint density at radius 2 is 1.88 bits per heavy atom. The van der Waals surface area contributed by atoms with Gasteiger partial charge in [0, 0.05) is 12.8 Å². The summed E-state index contributed by atoms with van der Waals surface area (Å²) in [4.78, 5) is 0. The van der Waals surface area contributed by atoms with Crippen molar-refractivity contribution < 1.29 is 14.2 Å². The molecule has 0 aliphatic heterocycles. The molecule has 136 valence electrons. The normalized spacial score (nSPS) is 12.2. The van der Waals surface area contributed by atoms with Gasteiger partial charge in [0.25, 0.3) is 0 Å². The van der Waals surface area contributed by atoms with E-state index in [2.05, 4.69) is 10.2 Å². The first-order chi connectivity index (χ1) is 12.6. The molecule has 2 aromatic carbocycles. The number of aliphatic hydroxyl groups excluding tert-OH is 1. The van der Waals surface area contributed by atoms with Crippen LogP contribution >= 0.6 is 11.8 Å². The molecule has 3 rings (SSSR count). The highest BCUT2D eigenvalue weighted by Gasteiger charge is 2.16. The van der Waals surface area contributed by atoms with Crippen molar-refractivity contribution in [1.29, 1.82) is 0 Å². The van der Waals surface area contributed by atoms with E-state index in [0.717, 1.165) is 11.3 Å². The Kier molecular flexibility index (Phi) is 5.90. The van der Waals surface area contributed by atoms with E-state index in [9.17, 15) is 9.50 Å². The molecule has 1 aromatic heterocycles. The van der Waals surface area contributed by atoms with Crippen molar-refractivity contribution in [3.63, 3.8) is 0 Å². The first-order valence-corrected chi connectivity index (χ1v) is 9.18. The van der Waals surface area contributed by atoms with Crippen LogP contribution in [0.4, 0.5) is 4.39 Å². The monoisotopic (exact) mass is 373 g/mol. The van der Waals surface area contributed by atoms with Gasteiger partial charge in [-0.05, 0) is 30.7 Å². The minimum absolute atomic E-state index is 0.190. The Hall–Kier alpha value is -2.38. The summed E-state index contributed by atoms with van der Waals surface area (Å²) >= 11 is 1.35. The largest absolute Gasteiger partial charge is 0.491 e. The highest BCUT2D eigenvalue weighted by Crippen LogP contribution is 2.25. The van der Waals surface area contributed by atoms with Crippen molar-refractivity contribution in [3.05, 3.63) is 59.9 Å². The fourth-order valence-electron chi connectivity index (χ4n) is 2.44. The molecule has 0 amide bonds. The zero-order valence-electron chi connectivity index (χ0n) is 14.6. The maximum absolute atomic E-state index is 13.9. The van der Waals surface area contributed by atoms with Crippen molar-refractivity contribution in [3.8, 4) is 17.1 Å². The molecule has 0 spiro atoms. The van der Waals surface area contributed by atoms with E-state index in [1.54, 1.807) is 29.8 Å². The smallest absolute Gasteiger partial charge is 0.191 e. The molecule has 0 aliphatic carbocycles. The zero-order chi connectivity index (χ0) is 18.5. The summed E-state index contributed by atoms with van der Waals surface area (Å²) in [6.45, 7) is 2.15. The van der Waals surface area contributed by atoms with Crippen molar-refractivity contribution in [2.75, 3.05) is 12.4 Å². The van der Waals surface area contributed by atoms with Crippen LogP contribution in [0.25, 0.3) is 11.4 Å². The van der Waals surface area contributed by atoms with Gasteiger partial charge in [-0.25, -0.2) is 4.39 Å². The zero-order valence-corrected chi connectivity index (χ0v) is 15.4. The summed E-state index contributed by atoms with van der Waals surface area (Å²) in [5, 5.41) is 18.9. The third-order valence-electron chi connectivity index (χ3n) is 3.88. The molecule has 0 radical (unpaired) electrons. The highest BCUT2D eigenvalue weighted by atomic mass is 32.2. The maximum atomic E-state index is 13.9. The van der Waals surface area contributed by atoms with E-state index in [1.807, 2.05) is 31.2 Å². The minimum atomic E-state index is -0.659. The Morgan fingerprint density at radius 1 is 1.15 bits per heavy atom. The second-order valence-corrected chi connectivity index (χ2v) is 6.87. The summed E-state index contributed by atoms with van der Waals surface area (Å²) in [6.07, 6.45) is -0.659. The Bertz CT molecular complexity index is 885. The first-order valence-electron chi connectivity index (χ1n) is 8.20. The number of hydrogen-bond acceptors (Lipinski definition) is 5. The molecule has 26 heavy (non-hydrogen) atoms. The molecule has 1 heterocycles. The van der Waals surface area contributed by atoms with Gasteiger partial charge >= 0.3 is 0 Å².